The van der Waals surface area contributed by atoms with E-state index in [1.807, 2.05) is 45.9 Å². The van der Waals surface area contributed by atoms with Gasteiger partial charge in [0.2, 0.25) is 5.91 Å². The third-order valence-corrected chi connectivity index (χ3v) is 1.80. The first kappa shape index (κ1) is 17.1. The SMILES string of the molecule is CC.CC.CCCc1ccccc1C(N)=O. The molecule has 1 amide bonds. The molecule has 2 N–H and O–H groups in total. The first-order valence-electron chi connectivity index (χ1n) is 6.13. The van der Waals surface area contributed by atoms with E-state index in [2.05, 4.69) is 6.92 Å². The van der Waals surface area contributed by atoms with E-state index in [0.29, 0.717) is 5.56 Å². The fourth-order valence-electron chi connectivity index (χ4n) is 1.25. The molecule has 0 fully saturated rings. The van der Waals surface area contributed by atoms with Gasteiger partial charge in [-0.25, -0.2) is 0 Å². The molecule has 1 aromatic rings. The monoisotopic (exact) mass is 223 g/mol. The summed E-state index contributed by atoms with van der Waals surface area (Å²) < 4.78 is 0. The van der Waals surface area contributed by atoms with Crippen molar-refractivity contribution in [3.05, 3.63) is 35.4 Å². The summed E-state index contributed by atoms with van der Waals surface area (Å²) in [6.45, 7) is 10.1. The Morgan fingerprint density at radius 2 is 1.62 bits per heavy atom. The van der Waals surface area contributed by atoms with Crippen LogP contribution in [0.2, 0.25) is 0 Å². The number of rotatable bonds is 3. The summed E-state index contributed by atoms with van der Waals surface area (Å²) in [4.78, 5) is 10.9. The quantitative estimate of drug-likeness (QED) is 0.832. The van der Waals surface area contributed by atoms with Gasteiger partial charge in [-0.15, -0.1) is 0 Å². The third-order valence-electron chi connectivity index (χ3n) is 1.80. The molecular weight excluding hydrogens is 198 g/mol. The van der Waals surface area contributed by atoms with E-state index in [0.717, 1.165) is 18.4 Å². The Kier molecular flexibility index (Phi) is 12.6. The molecule has 0 radical (unpaired) electrons. The lowest BCUT2D eigenvalue weighted by atomic mass is 10.0. The lowest BCUT2D eigenvalue weighted by Crippen LogP contribution is -2.13. The summed E-state index contributed by atoms with van der Waals surface area (Å²) >= 11 is 0. The summed E-state index contributed by atoms with van der Waals surface area (Å²) in [7, 11) is 0. The number of hydrogen-bond donors (Lipinski definition) is 1. The lowest BCUT2D eigenvalue weighted by Gasteiger charge is -2.03. The van der Waals surface area contributed by atoms with Gasteiger partial charge in [0, 0.05) is 5.56 Å². The molecule has 16 heavy (non-hydrogen) atoms. The normalized spacial score (nSPS) is 8.06. The average Bonchev–Trinajstić information content (AvgIpc) is 2.35. The zero-order valence-corrected chi connectivity index (χ0v) is 11.2. The van der Waals surface area contributed by atoms with Crippen molar-refractivity contribution >= 4 is 5.91 Å². The number of hydrogen-bond acceptors (Lipinski definition) is 1. The number of benzene rings is 1. The molecule has 92 valence electrons. The summed E-state index contributed by atoms with van der Waals surface area (Å²) in [6.07, 6.45) is 1.95. The van der Waals surface area contributed by atoms with Gasteiger partial charge in [-0.2, -0.15) is 0 Å². The van der Waals surface area contributed by atoms with Crippen LogP contribution in [0.4, 0.5) is 0 Å². The van der Waals surface area contributed by atoms with Crippen molar-refractivity contribution in [1.29, 1.82) is 0 Å². The molecule has 0 heterocycles. The molecule has 2 nitrogen and oxygen atoms in total. The number of aryl methyl sites for hydroxylation is 1. The molecule has 0 saturated carbocycles. The van der Waals surface area contributed by atoms with Gasteiger partial charge in [-0.05, 0) is 18.1 Å². The predicted octanol–water partition coefficient (Wildman–Crippen LogP) is 3.79. The minimum Gasteiger partial charge on any atom is -0.366 e. The first-order valence-corrected chi connectivity index (χ1v) is 6.13. The van der Waals surface area contributed by atoms with Crippen molar-refractivity contribution in [3.63, 3.8) is 0 Å². The van der Waals surface area contributed by atoms with Crippen molar-refractivity contribution in [2.75, 3.05) is 0 Å². The van der Waals surface area contributed by atoms with E-state index in [1.165, 1.54) is 0 Å². The van der Waals surface area contributed by atoms with Crippen LogP contribution in [-0.2, 0) is 6.42 Å². The lowest BCUT2D eigenvalue weighted by molar-refractivity contribution is 0.0999. The number of carbonyl (C=O) groups excluding carboxylic acids is 1. The molecule has 0 spiro atoms. The van der Waals surface area contributed by atoms with Gasteiger partial charge in [0.1, 0.15) is 0 Å². The Balaban J connectivity index is 0. The van der Waals surface area contributed by atoms with Crippen LogP contribution in [0.15, 0.2) is 24.3 Å². The molecule has 0 aliphatic heterocycles. The van der Waals surface area contributed by atoms with Crippen LogP contribution in [0.3, 0.4) is 0 Å². The molecule has 1 aromatic carbocycles. The van der Waals surface area contributed by atoms with Gasteiger partial charge in [0.05, 0.1) is 0 Å². The second-order valence-electron chi connectivity index (χ2n) is 2.77. The van der Waals surface area contributed by atoms with Crippen molar-refractivity contribution in [3.8, 4) is 0 Å². The molecule has 0 aliphatic rings. The van der Waals surface area contributed by atoms with Crippen LogP contribution in [0.1, 0.15) is 57.0 Å². The highest BCUT2D eigenvalue weighted by molar-refractivity contribution is 5.94. The summed E-state index contributed by atoms with van der Waals surface area (Å²) in [5.74, 6) is -0.334. The van der Waals surface area contributed by atoms with Gasteiger partial charge in [0.25, 0.3) is 0 Å². The topological polar surface area (TPSA) is 43.1 Å². The molecule has 1 rings (SSSR count). The number of primary amides is 1. The highest BCUT2D eigenvalue weighted by Crippen LogP contribution is 2.09. The molecule has 0 bridgehead atoms. The van der Waals surface area contributed by atoms with Crippen molar-refractivity contribution in [2.24, 2.45) is 5.73 Å². The fraction of sp³-hybridized carbons (Fsp3) is 0.500. The zero-order chi connectivity index (χ0) is 13.0. The minimum absolute atomic E-state index is 0.334. The van der Waals surface area contributed by atoms with Gasteiger partial charge >= 0.3 is 0 Å². The van der Waals surface area contributed by atoms with E-state index in [1.54, 1.807) is 6.07 Å². The first-order chi connectivity index (χ1) is 7.75. The van der Waals surface area contributed by atoms with Crippen LogP contribution in [-0.4, -0.2) is 5.91 Å². The van der Waals surface area contributed by atoms with E-state index in [9.17, 15) is 4.79 Å². The van der Waals surface area contributed by atoms with Gasteiger partial charge in [0.15, 0.2) is 0 Å². The Bertz CT molecular complexity index is 282. The molecule has 0 saturated heterocycles. The summed E-state index contributed by atoms with van der Waals surface area (Å²) in [5.41, 5.74) is 6.91. The Morgan fingerprint density at radius 3 is 2.06 bits per heavy atom. The van der Waals surface area contributed by atoms with Gasteiger partial charge < -0.3 is 5.73 Å². The second-order valence-corrected chi connectivity index (χ2v) is 2.77. The highest BCUT2D eigenvalue weighted by Gasteiger charge is 2.04. The van der Waals surface area contributed by atoms with E-state index < -0.39 is 0 Å². The summed E-state index contributed by atoms with van der Waals surface area (Å²) in [5, 5.41) is 0. The van der Waals surface area contributed by atoms with Crippen molar-refractivity contribution < 1.29 is 4.79 Å². The molecule has 0 aromatic heterocycles. The van der Waals surface area contributed by atoms with E-state index >= 15 is 0 Å². The second kappa shape index (κ2) is 11.8. The van der Waals surface area contributed by atoms with E-state index in [-0.39, 0.29) is 5.91 Å². The minimum atomic E-state index is -0.334. The largest absolute Gasteiger partial charge is 0.366 e. The molecule has 2 heteroatoms. The van der Waals surface area contributed by atoms with Gasteiger partial charge in [-0.1, -0.05) is 59.2 Å². The van der Waals surface area contributed by atoms with Crippen molar-refractivity contribution in [2.45, 2.75) is 47.5 Å². The van der Waals surface area contributed by atoms with Crippen LogP contribution in [0.5, 0.6) is 0 Å². The van der Waals surface area contributed by atoms with Crippen LogP contribution in [0.25, 0.3) is 0 Å². The predicted molar refractivity (Wildman–Crippen MR) is 71.7 cm³/mol. The van der Waals surface area contributed by atoms with E-state index in [4.69, 9.17) is 5.73 Å². The number of nitrogens with two attached hydrogens (primary N) is 1. The van der Waals surface area contributed by atoms with Gasteiger partial charge in [-0.3, -0.25) is 4.79 Å². The average molecular weight is 223 g/mol. The molecule has 0 unspecified atom stereocenters. The third kappa shape index (κ3) is 6.23. The highest BCUT2D eigenvalue weighted by atomic mass is 16.1. The number of amides is 1. The smallest absolute Gasteiger partial charge is 0.248 e. The van der Waals surface area contributed by atoms with Crippen LogP contribution in [0, 0.1) is 0 Å². The maximum atomic E-state index is 10.9. The Morgan fingerprint density at radius 1 is 1.12 bits per heavy atom. The fourth-order valence-corrected chi connectivity index (χ4v) is 1.25. The number of carbonyl (C=O) groups is 1. The maximum Gasteiger partial charge on any atom is 0.248 e. The Labute approximate surface area is 99.9 Å². The molecule has 0 aliphatic carbocycles. The van der Waals surface area contributed by atoms with Crippen LogP contribution >= 0.6 is 0 Å². The molecular formula is C14H25NO. The molecule has 0 atom stereocenters. The maximum absolute atomic E-state index is 10.9. The Hall–Kier alpha value is -1.31. The zero-order valence-electron chi connectivity index (χ0n) is 11.2. The standard InChI is InChI=1S/C10H13NO.2C2H6/c1-2-5-8-6-3-4-7-9(8)10(11)12;2*1-2/h3-4,6-7H,2,5H2,1H3,(H2,11,12);2*1-2H3. The van der Waals surface area contributed by atoms with Crippen LogP contribution < -0.4 is 5.73 Å². The summed E-state index contributed by atoms with van der Waals surface area (Å²) in [6, 6.07) is 7.48. The van der Waals surface area contributed by atoms with Crippen molar-refractivity contribution in [1.82, 2.24) is 0 Å².